The molecular weight excluding hydrogens is 386 g/mol. The number of nitrogens with zero attached hydrogens (tertiary/aromatic N) is 4. The summed E-state index contributed by atoms with van der Waals surface area (Å²) in [5, 5.41) is 14.0. The fourth-order valence-electron chi connectivity index (χ4n) is 2.49. The van der Waals surface area contributed by atoms with Gasteiger partial charge in [-0.25, -0.2) is 14.8 Å². The Balaban J connectivity index is 1.91. The number of ether oxygens (including phenoxy) is 1. The van der Waals surface area contributed by atoms with Crippen LogP contribution in [0.5, 0.6) is 0 Å². The van der Waals surface area contributed by atoms with Crippen LogP contribution < -0.4 is 5.32 Å². The highest BCUT2D eigenvalue weighted by molar-refractivity contribution is 7.19. The first-order chi connectivity index (χ1) is 13.3. The van der Waals surface area contributed by atoms with E-state index in [4.69, 9.17) is 0 Å². The first kappa shape index (κ1) is 19.2. The van der Waals surface area contributed by atoms with Gasteiger partial charge >= 0.3 is 5.97 Å². The second kappa shape index (κ2) is 7.56. The number of hydrogen-bond donors (Lipinski definition) is 1. The summed E-state index contributed by atoms with van der Waals surface area (Å²) in [7, 11) is 3.00. The number of nitro groups is 1. The Hall–Kier alpha value is -3.60. The number of rotatable bonds is 5. The van der Waals surface area contributed by atoms with Crippen LogP contribution in [-0.4, -0.2) is 38.4 Å². The summed E-state index contributed by atoms with van der Waals surface area (Å²) in [6, 6.07) is 3.37. The van der Waals surface area contributed by atoms with Crippen molar-refractivity contribution in [2.24, 2.45) is 7.05 Å². The molecular formula is C17H15N5O5S. The van der Waals surface area contributed by atoms with Gasteiger partial charge in [0.05, 0.1) is 28.2 Å². The second-order valence-corrected chi connectivity index (χ2v) is 6.77. The van der Waals surface area contributed by atoms with E-state index in [1.165, 1.54) is 17.4 Å². The van der Waals surface area contributed by atoms with Gasteiger partial charge in [0.15, 0.2) is 11.0 Å². The van der Waals surface area contributed by atoms with Crippen LogP contribution in [0.3, 0.4) is 0 Å². The molecule has 144 valence electrons. The van der Waals surface area contributed by atoms with Crippen molar-refractivity contribution in [1.29, 1.82) is 0 Å². The summed E-state index contributed by atoms with van der Waals surface area (Å²) in [6.07, 6.45) is 3.45. The van der Waals surface area contributed by atoms with E-state index in [0.717, 1.165) is 24.1 Å². The number of hydrogen-bond acceptors (Lipinski definition) is 8. The maximum atomic E-state index is 12.6. The number of methoxy groups -OCH3 is 1. The van der Waals surface area contributed by atoms with E-state index in [9.17, 15) is 19.7 Å². The van der Waals surface area contributed by atoms with Crippen LogP contribution in [0.15, 0.2) is 30.6 Å². The summed E-state index contributed by atoms with van der Waals surface area (Å²) in [5.41, 5.74) is 0.146. The lowest BCUT2D eigenvalue weighted by Crippen LogP contribution is -2.13. The van der Waals surface area contributed by atoms with Crippen LogP contribution in [-0.2, 0) is 11.8 Å². The third kappa shape index (κ3) is 3.74. The number of carbonyl (C=O) groups excluding carboxylic acids is 2. The molecule has 0 atom stereocenters. The third-order valence-electron chi connectivity index (χ3n) is 3.85. The molecule has 2 heterocycles. The van der Waals surface area contributed by atoms with Crippen LogP contribution in [0, 0.1) is 17.0 Å². The average Bonchev–Trinajstić information content (AvgIpc) is 3.25. The molecule has 1 amide bonds. The smallest absolute Gasteiger partial charge is 0.338 e. The topological polar surface area (TPSA) is 129 Å². The monoisotopic (exact) mass is 401 g/mol. The minimum atomic E-state index is -0.778. The molecule has 10 nitrogen and oxygen atoms in total. The Labute approximate surface area is 163 Å². The molecule has 0 bridgehead atoms. The van der Waals surface area contributed by atoms with Crippen molar-refractivity contribution in [3.05, 3.63) is 57.5 Å². The molecule has 28 heavy (non-hydrogen) atoms. The average molecular weight is 401 g/mol. The van der Waals surface area contributed by atoms with Crippen LogP contribution >= 0.6 is 11.3 Å². The summed E-state index contributed by atoms with van der Waals surface area (Å²) in [6.45, 7) is 1.79. The minimum Gasteiger partial charge on any atom is -0.465 e. The maximum absolute atomic E-state index is 12.6. The highest BCUT2D eigenvalue weighted by atomic mass is 32.1. The summed E-state index contributed by atoms with van der Waals surface area (Å²) in [4.78, 5) is 44.1. The molecule has 3 aromatic rings. The zero-order chi connectivity index (χ0) is 20.4. The molecule has 0 saturated carbocycles. The van der Waals surface area contributed by atoms with Crippen molar-refractivity contribution >= 4 is 34.0 Å². The van der Waals surface area contributed by atoms with E-state index in [-0.39, 0.29) is 11.1 Å². The van der Waals surface area contributed by atoms with Gasteiger partial charge in [-0.1, -0.05) is 11.3 Å². The molecule has 1 aromatic carbocycles. The number of nitro benzene ring substituents is 1. The second-order valence-electron chi connectivity index (χ2n) is 5.77. The number of aromatic nitrogens is 3. The molecule has 0 aliphatic carbocycles. The van der Waals surface area contributed by atoms with E-state index in [2.05, 4.69) is 20.0 Å². The van der Waals surface area contributed by atoms with Gasteiger partial charge in [0.1, 0.15) is 0 Å². The van der Waals surface area contributed by atoms with Crippen molar-refractivity contribution in [3.63, 3.8) is 0 Å². The lowest BCUT2D eigenvalue weighted by atomic mass is 10.1. The van der Waals surface area contributed by atoms with Crippen LogP contribution in [0.2, 0.25) is 0 Å². The summed E-state index contributed by atoms with van der Waals surface area (Å²) >= 11 is 1.23. The molecule has 0 saturated heterocycles. The Morgan fingerprint density at radius 2 is 2.00 bits per heavy atom. The molecule has 11 heteroatoms. The number of aryl methyl sites for hydroxylation is 2. The highest BCUT2D eigenvalue weighted by Crippen LogP contribution is 2.31. The van der Waals surface area contributed by atoms with E-state index in [1.807, 2.05) is 11.6 Å². The van der Waals surface area contributed by atoms with Crippen LogP contribution in [0.25, 0.3) is 10.7 Å². The summed E-state index contributed by atoms with van der Waals surface area (Å²) in [5.74, 6) is -0.701. The quantitative estimate of drug-likeness (QED) is 0.395. The SMILES string of the molecule is COC(=O)c1cc(C(=O)Nc2nc(C)c(-c3nccn3C)s2)cc([N+](=O)[O-])c1. The Bertz CT molecular complexity index is 1090. The number of esters is 1. The molecule has 0 aliphatic rings. The molecule has 0 radical (unpaired) electrons. The number of thiazole rings is 1. The molecule has 0 aliphatic heterocycles. The fraction of sp³-hybridized carbons (Fsp3) is 0.176. The van der Waals surface area contributed by atoms with Crippen molar-refractivity contribution < 1.29 is 19.2 Å². The van der Waals surface area contributed by atoms with E-state index < -0.39 is 22.5 Å². The normalized spacial score (nSPS) is 10.5. The van der Waals surface area contributed by atoms with E-state index >= 15 is 0 Å². The predicted octanol–water partition coefficient (Wildman–Crippen LogP) is 2.80. The van der Waals surface area contributed by atoms with Crippen molar-refractivity contribution in [3.8, 4) is 10.7 Å². The van der Waals surface area contributed by atoms with E-state index in [0.29, 0.717) is 16.6 Å². The third-order valence-corrected chi connectivity index (χ3v) is 4.92. The van der Waals surface area contributed by atoms with Gasteiger partial charge in [-0.3, -0.25) is 20.2 Å². The number of nitrogens with one attached hydrogen (secondary N) is 1. The number of anilines is 1. The number of carbonyl (C=O) groups is 2. The van der Waals surface area contributed by atoms with E-state index in [1.54, 1.807) is 19.3 Å². The minimum absolute atomic E-state index is 0.0546. The standard InChI is InChI=1S/C17H15N5O5S/c1-9-13(14-18-4-5-21(14)2)28-17(19-9)20-15(23)10-6-11(16(24)27-3)8-12(7-10)22(25)26/h4-8H,1-3H3,(H,19,20,23). The van der Waals surface area contributed by atoms with Gasteiger partial charge in [-0.2, -0.15) is 0 Å². The number of benzene rings is 1. The zero-order valence-electron chi connectivity index (χ0n) is 15.1. The molecule has 2 aromatic heterocycles. The lowest BCUT2D eigenvalue weighted by molar-refractivity contribution is -0.384. The lowest BCUT2D eigenvalue weighted by Gasteiger charge is -2.05. The molecule has 0 unspecified atom stereocenters. The van der Waals surface area contributed by atoms with Gasteiger partial charge in [0, 0.05) is 37.1 Å². The van der Waals surface area contributed by atoms with Gasteiger partial charge in [-0.05, 0) is 13.0 Å². The van der Waals surface area contributed by atoms with Gasteiger partial charge in [0.2, 0.25) is 0 Å². The molecule has 0 fully saturated rings. The molecule has 1 N–H and O–H groups in total. The molecule has 3 rings (SSSR count). The van der Waals surface area contributed by atoms with Crippen molar-refractivity contribution in [1.82, 2.24) is 14.5 Å². The number of amides is 1. The largest absolute Gasteiger partial charge is 0.465 e. The summed E-state index contributed by atoms with van der Waals surface area (Å²) < 4.78 is 6.41. The van der Waals surface area contributed by atoms with Crippen molar-refractivity contribution in [2.45, 2.75) is 6.92 Å². The predicted molar refractivity (Wildman–Crippen MR) is 101 cm³/mol. The zero-order valence-corrected chi connectivity index (χ0v) is 15.9. The van der Waals surface area contributed by atoms with Crippen LogP contribution in [0.1, 0.15) is 26.4 Å². The Morgan fingerprint density at radius 3 is 2.61 bits per heavy atom. The Morgan fingerprint density at radius 1 is 1.29 bits per heavy atom. The number of non-ortho nitro benzene ring substituents is 1. The highest BCUT2D eigenvalue weighted by Gasteiger charge is 2.20. The van der Waals surface area contributed by atoms with Crippen molar-refractivity contribution in [2.75, 3.05) is 12.4 Å². The Kier molecular flexibility index (Phi) is 5.18. The first-order valence-corrected chi connectivity index (χ1v) is 8.76. The van der Waals surface area contributed by atoms with Gasteiger partial charge in [-0.15, -0.1) is 0 Å². The first-order valence-electron chi connectivity index (χ1n) is 7.94. The van der Waals surface area contributed by atoms with Crippen LogP contribution in [0.4, 0.5) is 10.8 Å². The maximum Gasteiger partial charge on any atom is 0.338 e. The van der Waals surface area contributed by atoms with Gasteiger partial charge < -0.3 is 9.30 Å². The molecule has 0 spiro atoms. The number of imidazole rings is 1. The fourth-order valence-corrected chi connectivity index (χ4v) is 3.50. The van der Waals surface area contributed by atoms with Gasteiger partial charge in [0.25, 0.3) is 11.6 Å².